The first-order chi connectivity index (χ1) is 8.58. The lowest BCUT2D eigenvalue weighted by atomic mass is 9.92. The van der Waals surface area contributed by atoms with Crippen LogP contribution in [0.1, 0.15) is 26.6 Å². The lowest BCUT2D eigenvalue weighted by Crippen LogP contribution is -2.25. The van der Waals surface area contributed by atoms with Gasteiger partial charge in [0.2, 0.25) is 0 Å². The molecule has 100 valence electrons. The van der Waals surface area contributed by atoms with Crippen LogP contribution < -0.4 is 5.32 Å². The standard InChI is InChI=1S/C13H22N4O/c1-9(2)7-17-13(15-8-16-17)4-12(18)11-6-14-5-10(11)3/h8-11,14H,4-7H2,1-3H3. The van der Waals surface area contributed by atoms with Gasteiger partial charge in [-0.1, -0.05) is 20.8 Å². The predicted octanol–water partition coefficient (Wildman–Crippen LogP) is 0.901. The number of nitrogens with one attached hydrogen (secondary N) is 1. The van der Waals surface area contributed by atoms with E-state index in [2.05, 4.69) is 36.2 Å². The summed E-state index contributed by atoms with van der Waals surface area (Å²) in [5.41, 5.74) is 0. The molecular weight excluding hydrogens is 228 g/mol. The van der Waals surface area contributed by atoms with Crippen molar-refractivity contribution in [3.8, 4) is 0 Å². The summed E-state index contributed by atoms with van der Waals surface area (Å²) in [5, 5.41) is 7.46. The fourth-order valence-electron chi connectivity index (χ4n) is 2.45. The van der Waals surface area contributed by atoms with E-state index in [1.807, 2.05) is 4.68 Å². The summed E-state index contributed by atoms with van der Waals surface area (Å²) >= 11 is 0. The molecule has 1 aromatic rings. The van der Waals surface area contributed by atoms with E-state index < -0.39 is 0 Å². The van der Waals surface area contributed by atoms with Crippen molar-refractivity contribution in [2.75, 3.05) is 13.1 Å². The Hall–Kier alpha value is -1.23. The third-order valence-corrected chi connectivity index (χ3v) is 3.50. The predicted molar refractivity (Wildman–Crippen MR) is 69.1 cm³/mol. The molecule has 18 heavy (non-hydrogen) atoms. The van der Waals surface area contributed by atoms with Crippen molar-refractivity contribution in [3.63, 3.8) is 0 Å². The SMILES string of the molecule is CC(C)Cn1ncnc1CC(=O)C1CNCC1C. The largest absolute Gasteiger partial charge is 0.316 e. The Morgan fingerprint density at radius 1 is 1.56 bits per heavy atom. The lowest BCUT2D eigenvalue weighted by Gasteiger charge is -2.13. The zero-order valence-electron chi connectivity index (χ0n) is 11.4. The normalized spacial score (nSPS) is 23.8. The molecule has 0 saturated carbocycles. The van der Waals surface area contributed by atoms with Crippen molar-refractivity contribution in [2.24, 2.45) is 17.8 Å². The van der Waals surface area contributed by atoms with Gasteiger partial charge in [0.15, 0.2) is 0 Å². The van der Waals surface area contributed by atoms with Crippen LogP contribution in [-0.2, 0) is 17.8 Å². The van der Waals surface area contributed by atoms with E-state index in [9.17, 15) is 4.79 Å². The van der Waals surface area contributed by atoms with Gasteiger partial charge in [0, 0.05) is 19.0 Å². The van der Waals surface area contributed by atoms with Gasteiger partial charge in [0.25, 0.3) is 0 Å². The zero-order valence-corrected chi connectivity index (χ0v) is 11.4. The number of carbonyl (C=O) groups is 1. The summed E-state index contributed by atoms with van der Waals surface area (Å²) in [7, 11) is 0. The van der Waals surface area contributed by atoms with Crippen molar-refractivity contribution in [1.29, 1.82) is 0 Å². The van der Waals surface area contributed by atoms with Crippen LogP contribution in [0.15, 0.2) is 6.33 Å². The van der Waals surface area contributed by atoms with Crippen LogP contribution in [0.4, 0.5) is 0 Å². The van der Waals surface area contributed by atoms with Gasteiger partial charge in [-0.3, -0.25) is 4.79 Å². The second-order valence-corrected chi connectivity index (χ2v) is 5.64. The summed E-state index contributed by atoms with van der Waals surface area (Å²) in [6, 6.07) is 0. The molecule has 0 aromatic carbocycles. The Labute approximate surface area is 108 Å². The molecule has 1 aromatic heterocycles. The summed E-state index contributed by atoms with van der Waals surface area (Å²) in [6.07, 6.45) is 1.95. The van der Waals surface area contributed by atoms with Gasteiger partial charge in [-0.2, -0.15) is 5.10 Å². The van der Waals surface area contributed by atoms with E-state index in [1.165, 1.54) is 0 Å². The Balaban J connectivity index is 2.00. The number of nitrogens with zero attached hydrogens (tertiary/aromatic N) is 3. The highest BCUT2D eigenvalue weighted by Crippen LogP contribution is 2.18. The minimum atomic E-state index is 0.134. The maximum atomic E-state index is 12.2. The molecule has 0 aliphatic carbocycles. The topological polar surface area (TPSA) is 59.8 Å². The Morgan fingerprint density at radius 3 is 2.94 bits per heavy atom. The molecule has 1 saturated heterocycles. The van der Waals surface area contributed by atoms with Crippen molar-refractivity contribution in [2.45, 2.75) is 33.7 Å². The van der Waals surface area contributed by atoms with Crippen molar-refractivity contribution >= 4 is 5.78 Å². The summed E-state index contributed by atoms with van der Waals surface area (Å²) < 4.78 is 1.86. The minimum absolute atomic E-state index is 0.134. The number of hydrogen-bond acceptors (Lipinski definition) is 4. The van der Waals surface area contributed by atoms with Crippen LogP contribution in [0.25, 0.3) is 0 Å². The number of rotatable bonds is 5. The summed E-state index contributed by atoms with van der Waals surface area (Å²) in [5.74, 6) is 2.15. The van der Waals surface area contributed by atoms with Crippen LogP contribution >= 0.6 is 0 Å². The molecule has 0 spiro atoms. The molecule has 0 amide bonds. The fraction of sp³-hybridized carbons (Fsp3) is 0.769. The van der Waals surface area contributed by atoms with Crippen LogP contribution in [-0.4, -0.2) is 33.6 Å². The molecule has 0 radical (unpaired) electrons. The van der Waals surface area contributed by atoms with Crippen molar-refractivity contribution in [1.82, 2.24) is 20.1 Å². The molecule has 2 unspecified atom stereocenters. The molecule has 5 nitrogen and oxygen atoms in total. The van der Waals surface area contributed by atoms with E-state index in [0.29, 0.717) is 18.3 Å². The van der Waals surface area contributed by atoms with Crippen molar-refractivity contribution < 1.29 is 4.79 Å². The molecule has 5 heteroatoms. The molecule has 1 aliphatic heterocycles. The van der Waals surface area contributed by atoms with E-state index in [1.54, 1.807) is 6.33 Å². The summed E-state index contributed by atoms with van der Waals surface area (Å²) in [6.45, 7) is 8.96. The third-order valence-electron chi connectivity index (χ3n) is 3.50. The minimum Gasteiger partial charge on any atom is -0.316 e. The third kappa shape index (κ3) is 2.96. The molecule has 2 rings (SSSR count). The molecule has 1 fully saturated rings. The first-order valence-corrected chi connectivity index (χ1v) is 6.68. The maximum Gasteiger partial charge on any atom is 0.145 e. The van der Waals surface area contributed by atoms with Gasteiger partial charge in [-0.25, -0.2) is 9.67 Å². The number of aromatic nitrogens is 3. The summed E-state index contributed by atoms with van der Waals surface area (Å²) in [4.78, 5) is 16.5. The number of carbonyl (C=O) groups excluding carboxylic acids is 1. The highest BCUT2D eigenvalue weighted by molar-refractivity contribution is 5.83. The van der Waals surface area contributed by atoms with Gasteiger partial charge < -0.3 is 5.32 Å². The van der Waals surface area contributed by atoms with Crippen molar-refractivity contribution in [3.05, 3.63) is 12.2 Å². The maximum absolute atomic E-state index is 12.2. The van der Waals surface area contributed by atoms with Gasteiger partial charge in [-0.15, -0.1) is 0 Å². The molecule has 1 N–H and O–H groups in total. The van der Waals surface area contributed by atoms with E-state index in [-0.39, 0.29) is 11.7 Å². The van der Waals surface area contributed by atoms with Gasteiger partial charge in [0.1, 0.15) is 17.9 Å². The van der Waals surface area contributed by atoms with Gasteiger partial charge >= 0.3 is 0 Å². The van der Waals surface area contributed by atoms with E-state index >= 15 is 0 Å². The van der Waals surface area contributed by atoms with Gasteiger partial charge in [0.05, 0.1) is 6.42 Å². The Kier molecular flexibility index (Phi) is 4.11. The quantitative estimate of drug-likeness (QED) is 0.843. The average Bonchev–Trinajstić information content (AvgIpc) is 2.88. The lowest BCUT2D eigenvalue weighted by molar-refractivity contribution is -0.122. The molecule has 0 bridgehead atoms. The first kappa shape index (κ1) is 13.2. The smallest absolute Gasteiger partial charge is 0.145 e. The zero-order chi connectivity index (χ0) is 13.1. The highest BCUT2D eigenvalue weighted by atomic mass is 16.1. The highest BCUT2D eigenvalue weighted by Gasteiger charge is 2.30. The fourth-order valence-corrected chi connectivity index (χ4v) is 2.45. The van der Waals surface area contributed by atoms with Crippen LogP contribution in [0, 0.1) is 17.8 Å². The molecule has 1 aliphatic rings. The number of Topliss-reactive ketones (excluding diaryl/α,β-unsaturated/α-hetero) is 1. The Bertz CT molecular complexity index is 413. The number of ketones is 1. The Morgan fingerprint density at radius 2 is 2.33 bits per heavy atom. The molecule has 2 atom stereocenters. The second kappa shape index (κ2) is 5.61. The monoisotopic (exact) mass is 250 g/mol. The number of hydrogen-bond donors (Lipinski definition) is 1. The average molecular weight is 250 g/mol. The van der Waals surface area contributed by atoms with E-state index in [0.717, 1.165) is 25.5 Å². The van der Waals surface area contributed by atoms with Crippen LogP contribution in [0.5, 0.6) is 0 Å². The molecular formula is C13H22N4O. The van der Waals surface area contributed by atoms with E-state index in [4.69, 9.17) is 0 Å². The molecule has 2 heterocycles. The second-order valence-electron chi connectivity index (χ2n) is 5.64. The van der Waals surface area contributed by atoms with Crippen LogP contribution in [0.2, 0.25) is 0 Å². The first-order valence-electron chi connectivity index (χ1n) is 6.68. The van der Waals surface area contributed by atoms with Crippen LogP contribution in [0.3, 0.4) is 0 Å². The van der Waals surface area contributed by atoms with Gasteiger partial charge in [-0.05, 0) is 18.4 Å².